The van der Waals surface area contributed by atoms with Crippen molar-refractivity contribution in [2.45, 2.75) is 78.1 Å². The Labute approximate surface area is 133 Å². The van der Waals surface area contributed by atoms with Gasteiger partial charge in [-0.3, -0.25) is 0 Å². The third-order valence-electron chi connectivity index (χ3n) is 3.85. The van der Waals surface area contributed by atoms with Gasteiger partial charge < -0.3 is 9.64 Å². The van der Waals surface area contributed by atoms with E-state index in [0.29, 0.717) is 0 Å². The zero-order valence-corrected chi connectivity index (χ0v) is 14.6. The second-order valence-electron chi connectivity index (χ2n) is 5.99. The monoisotopic (exact) mass is 300 g/mol. The van der Waals surface area contributed by atoms with Crippen LogP contribution >= 0.6 is 0 Å². The fraction of sp³-hybridized carbons (Fsp3) is 1.00. The summed E-state index contributed by atoms with van der Waals surface area (Å²) in [7, 11) is 0. The van der Waals surface area contributed by atoms with Crippen LogP contribution in [0.3, 0.4) is 0 Å². The van der Waals surface area contributed by atoms with E-state index in [1.54, 1.807) is 0 Å². The van der Waals surface area contributed by atoms with E-state index in [4.69, 9.17) is 4.74 Å². The minimum absolute atomic E-state index is 0.0768. The van der Waals surface area contributed by atoms with E-state index in [9.17, 15) is 5.11 Å². The second-order valence-corrected chi connectivity index (χ2v) is 5.99. The fourth-order valence-corrected chi connectivity index (χ4v) is 2.40. The van der Waals surface area contributed by atoms with Gasteiger partial charge in [0.15, 0.2) is 0 Å². The number of rotatable bonds is 17. The van der Waals surface area contributed by atoms with Crippen LogP contribution in [-0.2, 0) is 9.84 Å². The third kappa shape index (κ3) is 16.1. The molecule has 0 rings (SSSR count). The average molecular weight is 301 g/mol. The number of ether oxygens (including phenoxy) is 1. The molecule has 0 fully saturated rings. The smallest absolute Gasteiger partial charge is 0.0822 e. The average Bonchev–Trinajstić information content (AvgIpc) is 2.51. The lowest BCUT2D eigenvalue weighted by Crippen LogP contribution is -2.27. The zero-order valence-electron chi connectivity index (χ0n) is 14.6. The van der Waals surface area contributed by atoms with Crippen LogP contribution < -0.4 is 0 Å². The molecular formula is C18H38NO2. The third-order valence-corrected chi connectivity index (χ3v) is 3.85. The lowest BCUT2D eigenvalue weighted by molar-refractivity contribution is 0.121. The molecule has 3 nitrogen and oxygen atoms in total. The highest BCUT2D eigenvalue weighted by Crippen LogP contribution is 2.03. The lowest BCUT2D eigenvalue weighted by atomic mass is 10.2. The first-order chi connectivity index (χ1) is 10.3. The number of unbranched alkanes of at least 4 members (excludes halogenated alkanes) is 6. The highest BCUT2D eigenvalue weighted by atomic mass is 16.5. The van der Waals surface area contributed by atoms with Gasteiger partial charge in [-0.1, -0.05) is 39.5 Å². The molecule has 0 saturated heterocycles. The number of hydrogen-bond donors (Lipinski definition) is 0. The molecule has 0 aliphatic rings. The van der Waals surface area contributed by atoms with Gasteiger partial charge in [-0.25, -0.2) is 5.11 Å². The molecule has 0 bridgehead atoms. The molecule has 0 aliphatic carbocycles. The van der Waals surface area contributed by atoms with Crippen molar-refractivity contribution in [3.8, 4) is 0 Å². The van der Waals surface area contributed by atoms with Gasteiger partial charge in [-0.05, 0) is 58.2 Å². The second kappa shape index (κ2) is 17.9. The van der Waals surface area contributed by atoms with Crippen LogP contribution in [0.25, 0.3) is 0 Å². The Morgan fingerprint density at radius 3 is 1.76 bits per heavy atom. The van der Waals surface area contributed by atoms with E-state index in [1.807, 2.05) is 0 Å². The molecule has 0 aromatic carbocycles. The molecule has 0 unspecified atom stereocenters. The van der Waals surface area contributed by atoms with Gasteiger partial charge in [0.1, 0.15) is 0 Å². The first kappa shape index (κ1) is 20.9. The summed E-state index contributed by atoms with van der Waals surface area (Å²) < 4.78 is 5.66. The fourth-order valence-electron chi connectivity index (χ4n) is 2.40. The summed E-state index contributed by atoms with van der Waals surface area (Å²) in [5.41, 5.74) is 0. The Bertz CT molecular complexity index is 180. The van der Waals surface area contributed by atoms with E-state index < -0.39 is 0 Å². The molecule has 0 heterocycles. The van der Waals surface area contributed by atoms with Crippen molar-refractivity contribution < 1.29 is 9.84 Å². The predicted molar refractivity (Wildman–Crippen MR) is 90.3 cm³/mol. The van der Waals surface area contributed by atoms with Gasteiger partial charge in [-0.2, -0.15) is 0 Å². The normalized spacial score (nSPS) is 11.4. The maximum Gasteiger partial charge on any atom is 0.0822 e. The van der Waals surface area contributed by atoms with E-state index >= 15 is 0 Å². The van der Waals surface area contributed by atoms with Crippen LogP contribution in [-0.4, -0.2) is 44.4 Å². The van der Waals surface area contributed by atoms with Gasteiger partial charge >= 0.3 is 0 Å². The Kier molecular flexibility index (Phi) is 17.8. The Balaban J connectivity index is 3.35. The molecule has 3 heteroatoms. The van der Waals surface area contributed by atoms with Crippen molar-refractivity contribution in [2.75, 3.05) is 39.5 Å². The summed E-state index contributed by atoms with van der Waals surface area (Å²) >= 11 is 0. The van der Waals surface area contributed by atoms with Gasteiger partial charge in [0.05, 0.1) is 6.61 Å². The molecular weight excluding hydrogens is 262 g/mol. The minimum atomic E-state index is 0.0768. The van der Waals surface area contributed by atoms with Crippen molar-refractivity contribution in [3.63, 3.8) is 0 Å². The Morgan fingerprint density at radius 2 is 1.19 bits per heavy atom. The van der Waals surface area contributed by atoms with Crippen molar-refractivity contribution >= 4 is 0 Å². The molecule has 0 saturated carbocycles. The first-order valence-electron chi connectivity index (χ1n) is 9.23. The van der Waals surface area contributed by atoms with Gasteiger partial charge in [0, 0.05) is 13.2 Å². The number of hydrogen-bond acceptors (Lipinski definition) is 2. The van der Waals surface area contributed by atoms with Crippen molar-refractivity contribution in [1.82, 2.24) is 4.90 Å². The molecule has 0 aromatic heterocycles. The zero-order chi connectivity index (χ0) is 15.6. The predicted octanol–water partition coefficient (Wildman–Crippen LogP) is 4.68. The van der Waals surface area contributed by atoms with Crippen LogP contribution in [0.15, 0.2) is 0 Å². The molecule has 1 radical (unpaired) electrons. The molecule has 0 aliphatic heterocycles. The van der Waals surface area contributed by atoms with Crippen LogP contribution in [0.5, 0.6) is 0 Å². The molecule has 0 aromatic rings. The summed E-state index contributed by atoms with van der Waals surface area (Å²) in [6.45, 7) is 10.1. The topological polar surface area (TPSA) is 32.4 Å². The quantitative estimate of drug-likeness (QED) is 0.365. The van der Waals surface area contributed by atoms with Gasteiger partial charge in [0.2, 0.25) is 0 Å². The molecule has 0 N–H and O–H groups in total. The van der Waals surface area contributed by atoms with Crippen molar-refractivity contribution in [3.05, 3.63) is 0 Å². The van der Waals surface area contributed by atoms with Gasteiger partial charge in [-0.15, -0.1) is 0 Å². The van der Waals surface area contributed by atoms with Crippen LogP contribution in [0.4, 0.5) is 0 Å². The lowest BCUT2D eigenvalue weighted by Gasteiger charge is -2.21. The summed E-state index contributed by atoms with van der Waals surface area (Å²) in [5, 5.41) is 10.3. The Hall–Kier alpha value is -0.120. The first-order valence-corrected chi connectivity index (χ1v) is 9.23. The summed E-state index contributed by atoms with van der Waals surface area (Å²) in [6, 6.07) is 0. The van der Waals surface area contributed by atoms with Crippen LogP contribution in [0.2, 0.25) is 0 Å². The molecule has 21 heavy (non-hydrogen) atoms. The SMILES string of the molecule is CCCCN(CCCC)CCCCOCCCCCC[O]. The Morgan fingerprint density at radius 1 is 0.667 bits per heavy atom. The van der Waals surface area contributed by atoms with Crippen LogP contribution in [0.1, 0.15) is 78.1 Å². The minimum Gasteiger partial charge on any atom is -0.381 e. The maximum atomic E-state index is 10.3. The molecule has 0 amide bonds. The largest absolute Gasteiger partial charge is 0.381 e. The van der Waals surface area contributed by atoms with Crippen molar-refractivity contribution in [1.29, 1.82) is 0 Å². The maximum absolute atomic E-state index is 10.3. The van der Waals surface area contributed by atoms with Crippen LogP contribution in [0, 0.1) is 0 Å². The van der Waals surface area contributed by atoms with E-state index in [2.05, 4.69) is 18.7 Å². The standard InChI is InChI=1S/C18H38NO2/c1-3-5-13-19(14-6-4-2)15-9-12-18-21-17-11-8-7-10-16-20/h3-18H2,1-2H3. The highest BCUT2D eigenvalue weighted by molar-refractivity contribution is 4.58. The molecule has 0 atom stereocenters. The molecule has 127 valence electrons. The number of nitrogens with zero attached hydrogens (tertiary/aromatic N) is 1. The highest BCUT2D eigenvalue weighted by Gasteiger charge is 2.03. The van der Waals surface area contributed by atoms with E-state index in [-0.39, 0.29) is 6.61 Å². The van der Waals surface area contributed by atoms with Gasteiger partial charge in [0.25, 0.3) is 0 Å². The molecule has 0 spiro atoms. The summed E-state index contributed by atoms with van der Waals surface area (Å²) in [4.78, 5) is 2.62. The summed E-state index contributed by atoms with van der Waals surface area (Å²) in [6.07, 6.45) is 11.8. The van der Waals surface area contributed by atoms with E-state index in [0.717, 1.165) is 38.9 Å². The van der Waals surface area contributed by atoms with Crippen molar-refractivity contribution in [2.24, 2.45) is 0 Å². The van der Waals surface area contributed by atoms with E-state index in [1.165, 1.54) is 58.2 Å². The summed E-state index contributed by atoms with van der Waals surface area (Å²) in [5.74, 6) is 0.